The molecular weight excluding hydrogens is 641 g/mol. The van der Waals surface area contributed by atoms with Crippen molar-refractivity contribution in [1.29, 1.82) is 0 Å². The van der Waals surface area contributed by atoms with E-state index in [0.29, 0.717) is 12.4 Å². The van der Waals surface area contributed by atoms with Crippen LogP contribution in [0.1, 0.15) is 26.3 Å². The van der Waals surface area contributed by atoms with E-state index in [1.54, 1.807) is 0 Å². The Hall–Kier alpha value is -6.53. The predicted octanol–water partition coefficient (Wildman–Crippen LogP) is 12.4. The van der Waals surface area contributed by atoms with Gasteiger partial charge in [-0.05, 0) is 71.6 Å². The van der Waals surface area contributed by atoms with E-state index in [1.807, 2.05) is 24.4 Å². The summed E-state index contributed by atoms with van der Waals surface area (Å²) in [6.45, 7) is 7.35. The Balaban J connectivity index is 1.13. The van der Waals surface area contributed by atoms with Gasteiger partial charge >= 0.3 is 0 Å². The van der Waals surface area contributed by atoms with Crippen LogP contribution >= 0.6 is 0 Å². The van der Waals surface area contributed by atoms with Crippen LogP contribution in [0.3, 0.4) is 0 Å². The third-order valence-electron chi connectivity index (χ3n) is 10.3. The molecule has 0 spiro atoms. The Labute approximate surface area is 301 Å². The smallest absolute Gasteiger partial charge is 0.141 e. The maximum absolute atomic E-state index is 6.82. The fourth-order valence-corrected chi connectivity index (χ4v) is 7.73. The zero-order valence-corrected chi connectivity index (χ0v) is 29.2. The summed E-state index contributed by atoms with van der Waals surface area (Å²) < 4.78 is 15.6. The third kappa shape index (κ3) is 4.83. The van der Waals surface area contributed by atoms with Gasteiger partial charge in [0.25, 0.3) is 0 Å². The van der Waals surface area contributed by atoms with E-state index in [1.165, 1.54) is 10.9 Å². The Morgan fingerprint density at radius 3 is 2.12 bits per heavy atom. The number of para-hydroxylation sites is 5. The standard InChI is InChI=1S/C46H36N4O2/c1-46(2,3)30-23-24-47-44(25-30)50-37-17-9-7-15-34(37)35-22-21-32(26-40(35)50)51-33-27-41(45-36-16-8-12-20-42(36)52-43(45)28-33)49-29-48(31-13-5-4-6-14-31)38-18-10-11-19-39(38)49/h4-28H,29H2,1-3H3. The molecule has 9 aromatic rings. The van der Waals surface area contributed by atoms with Gasteiger partial charge in [0.15, 0.2) is 0 Å². The molecule has 1 aliphatic heterocycles. The molecule has 1 aliphatic rings. The molecule has 0 radical (unpaired) electrons. The number of anilines is 4. The molecule has 0 unspecified atom stereocenters. The first-order valence-electron chi connectivity index (χ1n) is 17.7. The van der Waals surface area contributed by atoms with E-state index in [-0.39, 0.29) is 5.41 Å². The van der Waals surface area contributed by atoms with Crippen LogP contribution in [-0.4, -0.2) is 16.2 Å². The van der Waals surface area contributed by atoms with Crippen LogP contribution < -0.4 is 14.5 Å². The number of pyridine rings is 1. The largest absolute Gasteiger partial charge is 0.457 e. The molecule has 0 bridgehead atoms. The van der Waals surface area contributed by atoms with Crippen molar-refractivity contribution in [1.82, 2.24) is 9.55 Å². The average Bonchev–Trinajstić information content (AvgIpc) is 3.84. The topological polar surface area (TPSA) is 46.7 Å². The highest BCUT2D eigenvalue weighted by Gasteiger charge is 2.30. The highest BCUT2D eigenvalue weighted by atomic mass is 16.5. The van der Waals surface area contributed by atoms with Gasteiger partial charge in [0.1, 0.15) is 35.2 Å². The van der Waals surface area contributed by atoms with Gasteiger partial charge < -0.3 is 19.0 Å². The number of hydrogen-bond acceptors (Lipinski definition) is 5. The van der Waals surface area contributed by atoms with Crippen LogP contribution in [0.5, 0.6) is 11.5 Å². The Bertz CT molecular complexity index is 2810. The van der Waals surface area contributed by atoms with Crippen molar-refractivity contribution >= 4 is 66.5 Å². The van der Waals surface area contributed by atoms with Crippen molar-refractivity contribution in [3.8, 4) is 17.3 Å². The molecule has 6 heteroatoms. The molecule has 0 atom stereocenters. The summed E-state index contributed by atoms with van der Waals surface area (Å²) in [6.07, 6.45) is 1.91. The molecule has 52 heavy (non-hydrogen) atoms. The molecule has 0 amide bonds. The van der Waals surface area contributed by atoms with Crippen LogP contribution in [0.2, 0.25) is 0 Å². The summed E-state index contributed by atoms with van der Waals surface area (Å²) in [5.41, 5.74) is 9.45. The molecule has 0 fully saturated rings. The number of furan rings is 1. The van der Waals surface area contributed by atoms with E-state index in [9.17, 15) is 0 Å². The van der Waals surface area contributed by atoms with Gasteiger partial charge in [0.05, 0.1) is 33.5 Å². The average molecular weight is 677 g/mol. The lowest BCUT2D eigenvalue weighted by atomic mass is 9.88. The number of aromatic nitrogens is 2. The molecule has 6 aromatic carbocycles. The molecule has 0 saturated heterocycles. The zero-order chi connectivity index (χ0) is 35.0. The molecule has 6 nitrogen and oxygen atoms in total. The molecule has 0 N–H and O–H groups in total. The summed E-state index contributed by atoms with van der Waals surface area (Å²) in [5.74, 6) is 2.32. The van der Waals surface area contributed by atoms with Gasteiger partial charge in [-0.3, -0.25) is 4.57 Å². The molecule has 10 rings (SSSR count). The maximum Gasteiger partial charge on any atom is 0.141 e. The Kier molecular flexibility index (Phi) is 6.70. The Morgan fingerprint density at radius 1 is 0.577 bits per heavy atom. The minimum atomic E-state index is -0.00822. The first-order chi connectivity index (χ1) is 25.4. The second-order valence-corrected chi connectivity index (χ2v) is 14.5. The highest BCUT2D eigenvalue weighted by Crippen LogP contribution is 2.49. The molecular formula is C46H36N4O2. The van der Waals surface area contributed by atoms with Crippen molar-refractivity contribution in [3.63, 3.8) is 0 Å². The van der Waals surface area contributed by atoms with Crippen LogP contribution in [0.4, 0.5) is 22.7 Å². The fourth-order valence-electron chi connectivity index (χ4n) is 7.73. The van der Waals surface area contributed by atoms with E-state index >= 15 is 0 Å². The first kappa shape index (κ1) is 30.3. The quantitative estimate of drug-likeness (QED) is 0.182. The first-order valence-corrected chi connectivity index (χ1v) is 17.7. The second kappa shape index (κ2) is 11.5. The molecule has 4 heterocycles. The van der Waals surface area contributed by atoms with Crippen LogP contribution in [0.15, 0.2) is 156 Å². The van der Waals surface area contributed by atoms with Crippen molar-refractivity contribution in [2.75, 3.05) is 16.5 Å². The van der Waals surface area contributed by atoms with Gasteiger partial charge in [-0.25, -0.2) is 4.98 Å². The number of benzene rings is 6. The fraction of sp³-hybridized carbons (Fsp3) is 0.109. The van der Waals surface area contributed by atoms with E-state index in [2.05, 4.69) is 163 Å². The van der Waals surface area contributed by atoms with Crippen molar-refractivity contribution in [2.45, 2.75) is 26.2 Å². The van der Waals surface area contributed by atoms with Gasteiger partial charge in [-0.15, -0.1) is 0 Å². The summed E-state index contributed by atoms with van der Waals surface area (Å²) in [4.78, 5) is 9.59. The van der Waals surface area contributed by atoms with E-state index < -0.39 is 0 Å². The van der Waals surface area contributed by atoms with Crippen LogP contribution in [-0.2, 0) is 5.41 Å². The van der Waals surface area contributed by atoms with Crippen molar-refractivity contribution in [2.24, 2.45) is 0 Å². The lowest BCUT2D eigenvalue weighted by molar-refractivity contribution is 0.483. The van der Waals surface area contributed by atoms with Crippen molar-refractivity contribution < 1.29 is 9.15 Å². The SMILES string of the molecule is CC(C)(C)c1ccnc(-n2c3ccccc3c3ccc(Oc4cc(N5CN(c6ccccc6)c6ccccc65)c5c(c4)oc4ccccc45)cc32)c1. The highest BCUT2D eigenvalue weighted by molar-refractivity contribution is 6.14. The summed E-state index contributed by atoms with van der Waals surface area (Å²) in [5, 5.41) is 4.46. The molecule has 0 saturated carbocycles. The minimum Gasteiger partial charge on any atom is -0.457 e. The maximum atomic E-state index is 6.82. The zero-order valence-electron chi connectivity index (χ0n) is 29.2. The van der Waals surface area contributed by atoms with Crippen LogP contribution in [0.25, 0.3) is 49.6 Å². The summed E-state index contributed by atoms with van der Waals surface area (Å²) >= 11 is 0. The number of ether oxygens (including phenoxy) is 1. The number of fused-ring (bicyclic) bond motifs is 7. The number of nitrogens with zero attached hydrogens (tertiary/aromatic N) is 4. The number of rotatable bonds is 5. The van der Waals surface area contributed by atoms with Gasteiger partial charge in [0, 0.05) is 46.2 Å². The summed E-state index contributed by atoms with van der Waals surface area (Å²) in [7, 11) is 0. The van der Waals surface area contributed by atoms with Gasteiger partial charge in [-0.2, -0.15) is 0 Å². The van der Waals surface area contributed by atoms with E-state index in [4.69, 9.17) is 14.1 Å². The predicted molar refractivity (Wildman–Crippen MR) is 213 cm³/mol. The van der Waals surface area contributed by atoms with Gasteiger partial charge in [0.2, 0.25) is 0 Å². The number of hydrogen-bond donors (Lipinski definition) is 0. The lowest BCUT2D eigenvalue weighted by Crippen LogP contribution is -2.24. The van der Waals surface area contributed by atoms with E-state index in [0.717, 1.165) is 72.7 Å². The second-order valence-electron chi connectivity index (χ2n) is 14.5. The van der Waals surface area contributed by atoms with Crippen LogP contribution in [0, 0.1) is 0 Å². The van der Waals surface area contributed by atoms with Crippen molar-refractivity contribution in [3.05, 3.63) is 157 Å². The lowest BCUT2D eigenvalue weighted by Gasteiger charge is -2.23. The Morgan fingerprint density at radius 2 is 1.29 bits per heavy atom. The monoisotopic (exact) mass is 676 g/mol. The molecule has 252 valence electrons. The summed E-state index contributed by atoms with van der Waals surface area (Å²) in [6, 6.07) is 50.7. The van der Waals surface area contributed by atoms with Gasteiger partial charge in [-0.1, -0.05) is 87.5 Å². The normalized spacial score (nSPS) is 13.1. The minimum absolute atomic E-state index is 0.00822. The molecule has 3 aromatic heterocycles. The third-order valence-corrected chi connectivity index (χ3v) is 10.3. The molecule has 0 aliphatic carbocycles.